The van der Waals surface area contributed by atoms with Gasteiger partial charge in [-0.2, -0.15) is 11.8 Å². The Bertz CT molecular complexity index is 558. The number of guanidine groups is 1. The molecule has 0 aromatic heterocycles. The van der Waals surface area contributed by atoms with E-state index in [9.17, 15) is 9.50 Å². The summed E-state index contributed by atoms with van der Waals surface area (Å²) in [5, 5.41) is 10.3. The van der Waals surface area contributed by atoms with Crippen molar-refractivity contribution < 1.29 is 9.50 Å². The van der Waals surface area contributed by atoms with Crippen molar-refractivity contribution in [3.63, 3.8) is 0 Å². The van der Waals surface area contributed by atoms with Gasteiger partial charge in [-0.05, 0) is 36.4 Å². The zero-order valence-electron chi connectivity index (χ0n) is 13.5. The topological polar surface area (TPSA) is 65.1 Å². The normalized spacial score (nSPS) is 24.8. The Morgan fingerprint density at radius 1 is 1.25 bits per heavy atom. The first-order valence-corrected chi connectivity index (χ1v) is 9.07. The number of thioether (sulfide) groups is 1. The van der Waals surface area contributed by atoms with Gasteiger partial charge in [0.05, 0.1) is 12.1 Å². The van der Waals surface area contributed by atoms with Crippen molar-refractivity contribution in [3.8, 4) is 0 Å². The first-order chi connectivity index (χ1) is 11.1. The summed E-state index contributed by atoms with van der Waals surface area (Å²) in [4.78, 5) is 8.66. The summed E-state index contributed by atoms with van der Waals surface area (Å²) >= 11 is 1.76. The Morgan fingerprint density at radius 3 is 2.50 bits per heavy atom. The molecule has 134 valence electrons. The lowest BCUT2D eigenvalue weighted by Gasteiger charge is -2.36. The summed E-state index contributed by atoms with van der Waals surface area (Å²) < 4.78 is 13.0. The van der Waals surface area contributed by atoms with Gasteiger partial charge in [0.2, 0.25) is 0 Å². The summed E-state index contributed by atoms with van der Waals surface area (Å²) in [5.74, 6) is 2.02. The third kappa shape index (κ3) is 4.89. The molecule has 3 rings (SSSR count). The van der Waals surface area contributed by atoms with E-state index >= 15 is 0 Å². The molecular formula is C16H24FIN4OS. The Morgan fingerprint density at radius 2 is 1.92 bits per heavy atom. The van der Waals surface area contributed by atoms with E-state index in [0.717, 1.165) is 49.8 Å². The zero-order valence-corrected chi connectivity index (χ0v) is 16.7. The molecule has 5 nitrogen and oxygen atoms in total. The molecule has 2 saturated heterocycles. The number of aliphatic imine (C=N–C) groups is 1. The lowest BCUT2D eigenvalue weighted by Crippen LogP contribution is -2.51. The summed E-state index contributed by atoms with van der Waals surface area (Å²) in [6.07, 6.45) is 0.785. The van der Waals surface area contributed by atoms with Crippen LogP contribution >= 0.6 is 35.7 Å². The molecule has 0 spiro atoms. The highest BCUT2D eigenvalue weighted by Crippen LogP contribution is 2.28. The van der Waals surface area contributed by atoms with Crippen LogP contribution in [-0.2, 0) is 0 Å². The van der Waals surface area contributed by atoms with E-state index in [1.807, 2.05) is 4.90 Å². The number of hydrogen-bond acceptors (Lipinski definition) is 4. The molecule has 0 amide bonds. The second kappa shape index (κ2) is 8.57. The maximum Gasteiger partial charge on any atom is 0.191 e. The van der Waals surface area contributed by atoms with Crippen LogP contribution in [0.1, 0.15) is 6.42 Å². The van der Waals surface area contributed by atoms with Crippen molar-refractivity contribution in [3.05, 3.63) is 30.1 Å². The van der Waals surface area contributed by atoms with Crippen LogP contribution in [0.5, 0.6) is 0 Å². The smallest absolute Gasteiger partial charge is 0.191 e. The van der Waals surface area contributed by atoms with Gasteiger partial charge in [0.1, 0.15) is 5.82 Å². The monoisotopic (exact) mass is 466 g/mol. The highest BCUT2D eigenvalue weighted by Gasteiger charge is 2.31. The molecule has 24 heavy (non-hydrogen) atoms. The minimum absolute atomic E-state index is 0. The van der Waals surface area contributed by atoms with Gasteiger partial charge in [-0.1, -0.05) is 0 Å². The van der Waals surface area contributed by atoms with Crippen molar-refractivity contribution in [1.29, 1.82) is 0 Å². The molecule has 2 fully saturated rings. The number of piperazine rings is 1. The predicted octanol–water partition coefficient (Wildman–Crippen LogP) is 1.75. The molecule has 8 heteroatoms. The average Bonchev–Trinajstić information content (AvgIpc) is 3.01. The fraction of sp³-hybridized carbons (Fsp3) is 0.562. The van der Waals surface area contributed by atoms with Crippen LogP contribution in [0, 0.1) is 5.82 Å². The molecule has 1 aromatic carbocycles. The third-order valence-electron chi connectivity index (χ3n) is 4.41. The van der Waals surface area contributed by atoms with Crippen LogP contribution < -0.4 is 10.6 Å². The van der Waals surface area contributed by atoms with Crippen molar-refractivity contribution in [2.24, 2.45) is 10.7 Å². The van der Waals surface area contributed by atoms with Gasteiger partial charge >= 0.3 is 0 Å². The molecule has 2 aliphatic rings. The number of nitrogens with two attached hydrogens (primary N) is 1. The lowest BCUT2D eigenvalue weighted by molar-refractivity contribution is 0.0776. The van der Waals surface area contributed by atoms with Gasteiger partial charge in [-0.15, -0.1) is 24.0 Å². The molecule has 1 unspecified atom stereocenters. The van der Waals surface area contributed by atoms with E-state index in [2.05, 4.69) is 9.89 Å². The fourth-order valence-electron chi connectivity index (χ4n) is 2.89. The number of aliphatic hydroxyl groups is 1. The van der Waals surface area contributed by atoms with Crippen LogP contribution in [0.4, 0.5) is 10.1 Å². The lowest BCUT2D eigenvalue weighted by atomic mass is 10.1. The second-order valence-corrected chi connectivity index (χ2v) is 7.26. The quantitative estimate of drug-likeness (QED) is 0.404. The van der Waals surface area contributed by atoms with Crippen LogP contribution in [0.2, 0.25) is 0 Å². The Labute approximate surface area is 163 Å². The van der Waals surface area contributed by atoms with E-state index in [1.54, 1.807) is 23.9 Å². The third-order valence-corrected chi connectivity index (χ3v) is 5.65. The number of rotatable bonds is 3. The SMILES string of the molecule is I.NC(=NCC1(O)CCSC1)N1CCN(c2ccc(F)cc2)CC1. The molecule has 1 aromatic rings. The first kappa shape index (κ1) is 19.6. The van der Waals surface area contributed by atoms with Crippen LogP contribution in [0.3, 0.4) is 0 Å². The molecule has 3 N–H and O–H groups in total. The van der Waals surface area contributed by atoms with Gasteiger partial charge in [-0.25, -0.2) is 4.39 Å². The van der Waals surface area contributed by atoms with E-state index < -0.39 is 5.60 Å². The van der Waals surface area contributed by atoms with Gasteiger partial charge in [0, 0.05) is 37.6 Å². The number of hydrogen-bond donors (Lipinski definition) is 2. The first-order valence-electron chi connectivity index (χ1n) is 7.91. The van der Waals surface area contributed by atoms with Crippen molar-refractivity contribution >= 4 is 47.4 Å². The van der Waals surface area contributed by atoms with Crippen LogP contribution in [-0.4, -0.2) is 65.8 Å². The summed E-state index contributed by atoms with van der Waals surface area (Å²) in [6.45, 7) is 3.58. The molecule has 0 radical (unpaired) electrons. The van der Waals surface area contributed by atoms with E-state index in [-0.39, 0.29) is 29.8 Å². The highest BCUT2D eigenvalue weighted by atomic mass is 127. The maximum absolute atomic E-state index is 13.0. The van der Waals surface area contributed by atoms with Crippen LogP contribution in [0.15, 0.2) is 29.3 Å². The van der Waals surface area contributed by atoms with Gasteiger partial charge in [0.15, 0.2) is 5.96 Å². The minimum Gasteiger partial charge on any atom is -0.387 e. The Balaban J connectivity index is 0.00000208. The predicted molar refractivity (Wildman–Crippen MR) is 109 cm³/mol. The van der Waals surface area contributed by atoms with Crippen molar-refractivity contribution in [1.82, 2.24) is 4.90 Å². The van der Waals surface area contributed by atoms with Gasteiger partial charge in [0.25, 0.3) is 0 Å². The van der Waals surface area contributed by atoms with E-state index in [1.165, 1.54) is 12.1 Å². The number of benzene rings is 1. The van der Waals surface area contributed by atoms with E-state index in [4.69, 9.17) is 5.73 Å². The summed E-state index contributed by atoms with van der Waals surface area (Å²) in [5.41, 5.74) is 6.42. The Hall–Kier alpha value is -0.740. The zero-order chi connectivity index (χ0) is 16.3. The molecular weight excluding hydrogens is 442 g/mol. The van der Waals surface area contributed by atoms with Crippen molar-refractivity contribution in [2.45, 2.75) is 12.0 Å². The molecule has 0 bridgehead atoms. The standard InChI is InChI=1S/C16H23FN4OS.HI/c17-13-1-3-14(4-2-13)20-6-8-21(9-7-20)15(18)19-11-16(22)5-10-23-12-16;/h1-4,22H,5-12H2,(H2,18,19);1H. The van der Waals surface area contributed by atoms with E-state index in [0.29, 0.717) is 12.5 Å². The Kier molecular flexibility index (Phi) is 6.99. The molecule has 2 aliphatic heterocycles. The number of nitrogens with zero attached hydrogens (tertiary/aromatic N) is 3. The summed E-state index contributed by atoms with van der Waals surface area (Å²) in [6, 6.07) is 6.57. The van der Waals surface area contributed by atoms with Crippen LogP contribution in [0.25, 0.3) is 0 Å². The van der Waals surface area contributed by atoms with Gasteiger partial charge < -0.3 is 20.6 Å². The fourth-order valence-corrected chi connectivity index (χ4v) is 4.18. The number of anilines is 1. The molecule has 1 atom stereocenters. The minimum atomic E-state index is -0.689. The molecule has 2 heterocycles. The maximum atomic E-state index is 13.0. The largest absolute Gasteiger partial charge is 0.387 e. The molecule has 0 saturated carbocycles. The summed E-state index contributed by atoms with van der Waals surface area (Å²) in [7, 11) is 0. The average molecular weight is 466 g/mol. The number of halogens is 2. The second-order valence-electron chi connectivity index (χ2n) is 6.15. The van der Waals surface area contributed by atoms with Crippen molar-refractivity contribution in [2.75, 3.05) is 49.1 Å². The van der Waals surface area contributed by atoms with Gasteiger partial charge in [-0.3, -0.25) is 4.99 Å². The molecule has 0 aliphatic carbocycles. The highest BCUT2D eigenvalue weighted by molar-refractivity contribution is 14.0.